The number of nitrogens with zero attached hydrogens (tertiary/aromatic N) is 1. The monoisotopic (exact) mass is 253 g/mol. The van der Waals surface area contributed by atoms with Gasteiger partial charge in [0, 0.05) is 17.8 Å². The molecule has 2 saturated carbocycles. The van der Waals surface area contributed by atoms with Crippen LogP contribution >= 0.6 is 0 Å². The summed E-state index contributed by atoms with van der Waals surface area (Å²) in [5, 5.41) is 10.9. The van der Waals surface area contributed by atoms with Crippen LogP contribution in [0.15, 0.2) is 0 Å². The van der Waals surface area contributed by atoms with E-state index < -0.39 is 0 Å². The number of hydrogen-bond acceptors (Lipinski definition) is 2. The highest BCUT2D eigenvalue weighted by Gasteiger charge is 2.30. The van der Waals surface area contributed by atoms with Gasteiger partial charge in [0.15, 0.2) is 0 Å². The molecule has 0 saturated heterocycles. The summed E-state index contributed by atoms with van der Waals surface area (Å²) in [7, 11) is 0. The maximum Gasteiger partial charge on any atom is 0.213 e. The van der Waals surface area contributed by atoms with E-state index in [1.807, 2.05) is 0 Å². The number of hydrogen-bond donors (Lipinski definition) is 0. The van der Waals surface area contributed by atoms with E-state index >= 15 is 0 Å². The summed E-state index contributed by atoms with van der Waals surface area (Å²) >= 11 is 0. The number of nitro groups is 1. The molecule has 2 rings (SSSR count). The molecule has 0 aromatic rings. The van der Waals surface area contributed by atoms with Crippen molar-refractivity contribution in [2.45, 2.75) is 77.2 Å². The van der Waals surface area contributed by atoms with E-state index in [2.05, 4.69) is 6.92 Å². The minimum Gasteiger partial charge on any atom is -0.264 e. The molecule has 104 valence electrons. The zero-order chi connectivity index (χ0) is 13.0. The van der Waals surface area contributed by atoms with Crippen molar-refractivity contribution in [2.24, 2.45) is 17.8 Å². The zero-order valence-corrected chi connectivity index (χ0v) is 11.6. The van der Waals surface area contributed by atoms with Crippen LogP contribution in [-0.2, 0) is 0 Å². The van der Waals surface area contributed by atoms with Crippen LogP contribution in [0.25, 0.3) is 0 Å². The van der Waals surface area contributed by atoms with Gasteiger partial charge in [-0.3, -0.25) is 10.1 Å². The van der Waals surface area contributed by atoms with E-state index in [1.54, 1.807) is 0 Å². The van der Waals surface area contributed by atoms with E-state index in [-0.39, 0.29) is 11.0 Å². The summed E-state index contributed by atoms with van der Waals surface area (Å²) < 4.78 is 0. The Morgan fingerprint density at radius 1 is 0.833 bits per heavy atom. The summed E-state index contributed by atoms with van der Waals surface area (Å²) in [6, 6.07) is -0.250. The molecule has 0 aliphatic heterocycles. The van der Waals surface area contributed by atoms with Gasteiger partial charge in [-0.15, -0.1) is 0 Å². The highest BCUT2D eigenvalue weighted by molar-refractivity contribution is 4.78. The van der Waals surface area contributed by atoms with E-state index in [0.717, 1.165) is 43.4 Å². The third kappa shape index (κ3) is 3.69. The first-order valence-electron chi connectivity index (χ1n) is 7.80. The molecular weight excluding hydrogens is 226 g/mol. The Morgan fingerprint density at radius 3 is 2.11 bits per heavy atom. The van der Waals surface area contributed by atoms with Gasteiger partial charge in [0.05, 0.1) is 0 Å². The fraction of sp³-hybridized carbons (Fsp3) is 1.00. The molecule has 2 fully saturated rings. The smallest absolute Gasteiger partial charge is 0.213 e. The van der Waals surface area contributed by atoms with Crippen molar-refractivity contribution in [3.63, 3.8) is 0 Å². The van der Waals surface area contributed by atoms with Crippen LogP contribution in [0.5, 0.6) is 0 Å². The maximum atomic E-state index is 10.9. The minimum atomic E-state index is -0.250. The van der Waals surface area contributed by atoms with Crippen molar-refractivity contribution < 1.29 is 4.92 Å². The van der Waals surface area contributed by atoms with Crippen molar-refractivity contribution in [3.05, 3.63) is 10.1 Å². The van der Waals surface area contributed by atoms with E-state index in [4.69, 9.17) is 0 Å². The van der Waals surface area contributed by atoms with Gasteiger partial charge in [0.2, 0.25) is 6.04 Å². The first-order chi connectivity index (χ1) is 8.66. The molecule has 0 amide bonds. The van der Waals surface area contributed by atoms with Crippen LogP contribution in [0.2, 0.25) is 0 Å². The van der Waals surface area contributed by atoms with Gasteiger partial charge >= 0.3 is 0 Å². The molecule has 4 atom stereocenters. The molecule has 3 nitrogen and oxygen atoms in total. The third-order valence-corrected chi connectivity index (χ3v) is 5.25. The Morgan fingerprint density at radius 2 is 1.44 bits per heavy atom. The van der Waals surface area contributed by atoms with Gasteiger partial charge in [0.1, 0.15) is 0 Å². The molecular formula is C15H27NO2. The van der Waals surface area contributed by atoms with Crippen LogP contribution < -0.4 is 0 Å². The molecule has 0 bridgehead atoms. The average Bonchev–Trinajstić information content (AvgIpc) is 2.69. The molecule has 0 N–H and O–H groups in total. The van der Waals surface area contributed by atoms with Crippen molar-refractivity contribution in [3.8, 4) is 0 Å². The van der Waals surface area contributed by atoms with Gasteiger partial charge in [-0.05, 0) is 43.4 Å². The van der Waals surface area contributed by atoms with Gasteiger partial charge in [-0.1, -0.05) is 32.6 Å². The lowest BCUT2D eigenvalue weighted by Gasteiger charge is -2.24. The summed E-state index contributed by atoms with van der Waals surface area (Å²) in [6.07, 6.45) is 11.9. The normalized spacial score (nSPS) is 38.7. The molecule has 2 aliphatic rings. The Hall–Kier alpha value is -0.600. The zero-order valence-electron chi connectivity index (χ0n) is 11.6. The van der Waals surface area contributed by atoms with Crippen molar-refractivity contribution >= 4 is 0 Å². The molecule has 3 heteroatoms. The van der Waals surface area contributed by atoms with Gasteiger partial charge in [-0.2, -0.15) is 0 Å². The van der Waals surface area contributed by atoms with Crippen molar-refractivity contribution in [1.29, 1.82) is 0 Å². The van der Waals surface area contributed by atoms with Crippen LogP contribution in [0, 0.1) is 27.9 Å². The second-order valence-electron chi connectivity index (χ2n) is 6.58. The quantitative estimate of drug-likeness (QED) is 0.415. The van der Waals surface area contributed by atoms with Crippen molar-refractivity contribution in [1.82, 2.24) is 0 Å². The molecule has 0 aromatic carbocycles. The fourth-order valence-corrected chi connectivity index (χ4v) is 3.98. The number of rotatable bonds is 2. The van der Waals surface area contributed by atoms with Crippen molar-refractivity contribution in [2.75, 3.05) is 0 Å². The summed E-state index contributed by atoms with van der Waals surface area (Å²) in [5.41, 5.74) is 0. The summed E-state index contributed by atoms with van der Waals surface area (Å²) in [4.78, 5) is 10.8. The average molecular weight is 253 g/mol. The topological polar surface area (TPSA) is 43.1 Å². The van der Waals surface area contributed by atoms with Crippen LogP contribution in [0.3, 0.4) is 0 Å². The Balaban J connectivity index is 1.87. The lowest BCUT2D eigenvalue weighted by molar-refractivity contribution is -0.524. The largest absolute Gasteiger partial charge is 0.264 e. The summed E-state index contributed by atoms with van der Waals surface area (Å²) in [6.45, 7) is 2.37. The molecule has 2 aliphatic carbocycles. The highest BCUT2D eigenvalue weighted by atomic mass is 16.6. The van der Waals surface area contributed by atoms with Gasteiger partial charge in [0.25, 0.3) is 0 Å². The molecule has 0 heterocycles. The lowest BCUT2D eigenvalue weighted by Crippen LogP contribution is -2.19. The maximum absolute atomic E-state index is 10.9. The van der Waals surface area contributed by atoms with Crippen LogP contribution in [-0.4, -0.2) is 11.0 Å². The Kier molecular flexibility index (Phi) is 5.02. The van der Waals surface area contributed by atoms with Crippen LogP contribution in [0.1, 0.15) is 71.1 Å². The van der Waals surface area contributed by atoms with E-state index in [0.29, 0.717) is 0 Å². The van der Waals surface area contributed by atoms with Gasteiger partial charge in [-0.25, -0.2) is 0 Å². The predicted octanol–water partition coefficient (Wildman–Crippen LogP) is 4.43. The minimum absolute atomic E-state index is 0.0441. The molecule has 0 spiro atoms. The van der Waals surface area contributed by atoms with Crippen LogP contribution in [0.4, 0.5) is 0 Å². The first kappa shape index (κ1) is 13.8. The molecule has 18 heavy (non-hydrogen) atoms. The first-order valence-corrected chi connectivity index (χ1v) is 7.80. The molecule has 0 radical (unpaired) electrons. The fourth-order valence-electron chi connectivity index (χ4n) is 3.98. The second kappa shape index (κ2) is 6.53. The van der Waals surface area contributed by atoms with E-state index in [9.17, 15) is 10.1 Å². The third-order valence-electron chi connectivity index (χ3n) is 5.25. The highest BCUT2D eigenvalue weighted by Crippen LogP contribution is 2.38. The summed E-state index contributed by atoms with van der Waals surface area (Å²) in [5.74, 6) is 2.54. The Labute approximate surface area is 110 Å². The SMILES string of the molecule is CC1CCCC(C2CCCC([N+](=O)[O-])CC2)CC1. The lowest BCUT2D eigenvalue weighted by atomic mass is 9.81. The Bertz CT molecular complexity index is 280. The standard InChI is InChI=1S/C15H27NO2/c1-12-4-2-5-13(9-8-12)14-6-3-7-15(11-10-14)16(17)18/h12-15H,2-11H2,1H3. The predicted molar refractivity (Wildman–Crippen MR) is 73.1 cm³/mol. The molecule has 4 unspecified atom stereocenters. The molecule has 0 aromatic heterocycles. The van der Waals surface area contributed by atoms with Gasteiger partial charge < -0.3 is 0 Å². The second-order valence-corrected chi connectivity index (χ2v) is 6.58. The van der Waals surface area contributed by atoms with E-state index in [1.165, 1.54) is 38.5 Å².